The van der Waals surface area contributed by atoms with Crippen molar-refractivity contribution in [2.45, 2.75) is 0 Å². The molecule has 28 heavy (non-hydrogen) atoms. The van der Waals surface area contributed by atoms with Crippen LogP contribution in [0.5, 0.6) is 5.75 Å². The molecule has 0 spiro atoms. The molecule has 0 atom stereocenters. The molecule has 0 saturated carbocycles. The molecule has 4 rings (SSSR count). The molecule has 138 valence electrons. The first-order chi connectivity index (χ1) is 13.8. The van der Waals surface area contributed by atoms with Gasteiger partial charge in [-0.1, -0.05) is 35.5 Å². The minimum Gasteiger partial charge on any atom is -0.484 e. The Morgan fingerprint density at radius 2 is 1.82 bits per heavy atom. The van der Waals surface area contributed by atoms with Crippen molar-refractivity contribution in [2.75, 3.05) is 11.9 Å². The van der Waals surface area contributed by atoms with Crippen molar-refractivity contribution in [3.05, 3.63) is 79.1 Å². The summed E-state index contributed by atoms with van der Waals surface area (Å²) >= 11 is 0. The van der Waals surface area contributed by atoms with Crippen LogP contribution in [0.2, 0.25) is 0 Å². The molecule has 0 aliphatic carbocycles. The van der Waals surface area contributed by atoms with Crippen LogP contribution < -0.4 is 10.1 Å². The fourth-order valence-corrected chi connectivity index (χ4v) is 2.58. The molecular formula is C21H16N4O3. The number of benzene rings is 2. The number of nitrogens with zero attached hydrogens (tertiary/aromatic N) is 3. The van der Waals surface area contributed by atoms with Gasteiger partial charge in [0.05, 0.1) is 11.3 Å². The van der Waals surface area contributed by atoms with E-state index in [1.165, 1.54) is 0 Å². The van der Waals surface area contributed by atoms with Gasteiger partial charge in [-0.15, -0.1) is 0 Å². The molecule has 1 amide bonds. The van der Waals surface area contributed by atoms with Crippen LogP contribution in [-0.2, 0) is 4.79 Å². The summed E-state index contributed by atoms with van der Waals surface area (Å²) in [6.45, 7) is -0.108. The molecule has 0 bridgehead atoms. The predicted octanol–water partition coefficient (Wildman–Crippen LogP) is 3.82. The third kappa shape index (κ3) is 4.04. The van der Waals surface area contributed by atoms with E-state index in [1.54, 1.807) is 42.7 Å². The Morgan fingerprint density at radius 3 is 2.64 bits per heavy atom. The summed E-state index contributed by atoms with van der Waals surface area (Å²) in [5.74, 6) is 1.07. The number of hydrogen-bond donors (Lipinski definition) is 1. The molecule has 2 heterocycles. The normalized spacial score (nSPS) is 10.4. The van der Waals surface area contributed by atoms with Gasteiger partial charge >= 0.3 is 0 Å². The lowest BCUT2D eigenvalue weighted by atomic mass is 10.1. The molecule has 0 fully saturated rings. The Hall–Kier alpha value is -4.00. The second kappa shape index (κ2) is 8.13. The van der Waals surface area contributed by atoms with Crippen molar-refractivity contribution in [1.82, 2.24) is 15.1 Å². The lowest BCUT2D eigenvalue weighted by Gasteiger charge is -2.09. The second-order valence-electron chi connectivity index (χ2n) is 5.86. The molecular weight excluding hydrogens is 356 g/mol. The number of hydrogen-bond acceptors (Lipinski definition) is 6. The highest BCUT2D eigenvalue weighted by Gasteiger charge is 2.15. The number of carbonyl (C=O) groups is 1. The smallest absolute Gasteiger partial charge is 0.262 e. The summed E-state index contributed by atoms with van der Waals surface area (Å²) in [7, 11) is 0. The highest BCUT2D eigenvalue weighted by Crippen LogP contribution is 2.28. The second-order valence-corrected chi connectivity index (χ2v) is 5.86. The van der Waals surface area contributed by atoms with Gasteiger partial charge in [-0.25, -0.2) is 0 Å². The van der Waals surface area contributed by atoms with Gasteiger partial charge in [0, 0.05) is 18.0 Å². The number of rotatable bonds is 6. The van der Waals surface area contributed by atoms with Crippen LogP contribution in [0.15, 0.2) is 83.6 Å². The van der Waals surface area contributed by atoms with Crippen LogP contribution in [0.25, 0.3) is 22.8 Å². The average molecular weight is 372 g/mol. The Bertz CT molecular complexity index is 1070. The number of aromatic nitrogens is 3. The van der Waals surface area contributed by atoms with Crippen molar-refractivity contribution in [3.63, 3.8) is 0 Å². The molecule has 0 aliphatic heterocycles. The minimum absolute atomic E-state index is 0.108. The number of carbonyl (C=O) groups excluding carboxylic acids is 1. The molecule has 7 heteroatoms. The Labute approximate surface area is 161 Å². The Morgan fingerprint density at radius 1 is 1.00 bits per heavy atom. The summed E-state index contributed by atoms with van der Waals surface area (Å²) in [6, 6.07) is 20.0. The number of amides is 1. The molecule has 2 aromatic carbocycles. The first-order valence-corrected chi connectivity index (χ1v) is 8.61. The van der Waals surface area contributed by atoms with Gasteiger partial charge in [0.1, 0.15) is 5.75 Å². The third-order valence-corrected chi connectivity index (χ3v) is 3.89. The summed E-state index contributed by atoms with van der Waals surface area (Å²) < 4.78 is 10.9. The van der Waals surface area contributed by atoms with Gasteiger partial charge < -0.3 is 14.6 Å². The fourth-order valence-electron chi connectivity index (χ4n) is 2.58. The standard InChI is InChI=1S/C21H16N4O3/c26-19(14-27-16-8-2-1-3-9-16)23-18-11-5-4-10-17(18)21-24-20(25-28-21)15-7-6-12-22-13-15/h1-13H,14H2,(H,23,26). The average Bonchev–Trinajstić information content (AvgIpc) is 3.24. The van der Waals surface area contributed by atoms with Gasteiger partial charge in [0.15, 0.2) is 6.61 Å². The van der Waals surface area contributed by atoms with E-state index in [1.807, 2.05) is 36.4 Å². The van der Waals surface area contributed by atoms with Gasteiger partial charge in [-0.05, 0) is 36.4 Å². The lowest BCUT2D eigenvalue weighted by Crippen LogP contribution is -2.20. The topological polar surface area (TPSA) is 90.1 Å². The fraction of sp³-hybridized carbons (Fsp3) is 0.0476. The van der Waals surface area contributed by atoms with E-state index in [4.69, 9.17) is 9.26 Å². The minimum atomic E-state index is -0.289. The summed E-state index contributed by atoms with van der Waals surface area (Å²) in [4.78, 5) is 20.7. The molecule has 2 aromatic heterocycles. The number of nitrogens with one attached hydrogen (secondary N) is 1. The predicted molar refractivity (Wildman–Crippen MR) is 104 cm³/mol. The highest BCUT2D eigenvalue weighted by atomic mass is 16.5. The van der Waals surface area contributed by atoms with E-state index in [0.29, 0.717) is 28.7 Å². The van der Waals surface area contributed by atoms with Crippen molar-refractivity contribution in [3.8, 4) is 28.6 Å². The maximum Gasteiger partial charge on any atom is 0.262 e. The maximum absolute atomic E-state index is 12.3. The van der Waals surface area contributed by atoms with E-state index in [0.717, 1.165) is 5.56 Å². The molecule has 7 nitrogen and oxygen atoms in total. The number of anilines is 1. The monoisotopic (exact) mass is 372 g/mol. The summed E-state index contributed by atoms with van der Waals surface area (Å²) in [5.41, 5.74) is 1.93. The van der Waals surface area contributed by atoms with E-state index in [-0.39, 0.29) is 12.5 Å². The van der Waals surface area contributed by atoms with Gasteiger partial charge in [0.2, 0.25) is 5.82 Å². The highest BCUT2D eigenvalue weighted by molar-refractivity contribution is 5.95. The van der Waals surface area contributed by atoms with E-state index >= 15 is 0 Å². The molecule has 4 aromatic rings. The molecule has 0 radical (unpaired) electrons. The van der Waals surface area contributed by atoms with Gasteiger partial charge in [-0.2, -0.15) is 4.98 Å². The zero-order valence-corrected chi connectivity index (χ0v) is 14.8. The zero-order chi connectivity index (χ0) is 19.2. The van der Waals surface area contributed by atoms with Gasteiger partial charge in [0.25, 0.3) is 11.8 Å². The van der Waals surface area contributed by atoms with Crippen LogP contribution >= 0.6 is 0 Å². The quantitative estimate of drug-likeness (QED) is 0.553. The Kier molecular flexibility index (Phi) is 5.06. The number of para-hydroxylation sites is 2. The molecule has 0 aliphatic rings. The van der Waals surface area contributed by atoms with Crippen LogP contribution in [0, 0.1) is 0 Å². The van der Waals surface area contributed by atoms with E-state index in [2.05, 4.69) is 20.4 Å². The SMILES string of the molecule is O=C(COc1ccccc1)Nc1ccccc1-c1nc(-c2cccnc2)no1. The van der Waals surface area contributed by atoms with E-state index < -0.39 is 0 Å². The van der Waals surface area contributed by atoms with Crippen molar-refractivity contribution >= 4 is 11.6 Å². The molecule has 1 N–H and O–H groups in total. The number of ether oxygens (including phenoxy) is 1. The van der Waals surface area contributed by atoms with Gasteiger partial charge in [-0.3, -0.25) is 9.78 Å². The Balaban J connectivity index is 1.50. The van der Waals surface area contributed by atoms with E-state index in [9.17, 15) is 4.79 Å². The largest absolute Gasteiger partial charge is 0.484 e. The zero-order valence-electron chi connectivity index (χ0n) is 14.8. The van der Waals surface area contributed by atoms with Crippen LogP contribution in [0.4, 0.5) is 5.69 Å². The summed E-state index contributed by atoms with van der Waals surface area (Å²) in [5, 5.41) is 6.82. The summed E-state index contributed by atoms with van der Waals surface area (Å²) in [6.07, 6.45) is 3.33. The van der Waals surface area contributed by atoms with Crippen LogP contribution in [0.1, 0.15) is 0 Å². The van der Waals surface area contributed by atoms with Crippen molar-refractivity contribution in [2.24, 2.45) is 0 Å². The molecule has 0 saturated heterocycles. The van der Waals surface area contributed by atoms with Crippen molar-refractivity contribution in [1.29, 1.82) is 0 Å². The van der Waals surface area contributed by atoms with Crippen molar-refractivity contribution < 1.29 is 14.1 Å². The van der Waals surface area contributed by atoms with Crippen LogP contribution in [0.3, 0.4) is 0 Å². The third-order valence-electron chi connectivity index (χ3n) is 3.89. The first-order valence-electron chi connectivity index (χ1n) is 8.61. The first kappa shape index (κ1) is 17.4. The number of pyridine rings is 1. The lowest BCUT2D eigenvalue weighted by molar-refractivity contribution is -0.118. The molecule has 0 unspecified atom stereocenters. The van der Waals surface area contributed by atoms with Crippen LogP contribution in [-0.4, -0.2) is 27.6 Å². The maximum atomic E-state index is 12.3.